The summed E-state index contributed by atoms with van der Waals surface area (Å²) in [4.78, 5) is 0.110. The zero-order valence-electron chi connectivity index (χ0n) is 15.3. The molecule has 0 aliphatic heterocycles. The quantitative estimate of drug-likeness (QED) is 0.632. The molecule has 1 aromatic rings. The van der Waals surface area contributed by atoms with E-state index in [4.69, 9.17) is 5.73 Å². The van der Waals surface area contributed by atoms with Crippen molar-refractivity contribution < 1.29 is 16.8 Å². The summed E-state index contributed by atoms with van der Waals surface area (Å²) in [6.07, 6.45) is 1.35. The van der Waals surface area contributed by atoms with Crippen molar-refractivity contribution in [3.05, 3.63) is 24.3 Å². The van der Waals surface area contributed by atoms with E-state index >= 15 is 0 Å². The van der Waals surface area contributed by atoms with E-state index in [9.17, 15) is 16.8 Å². The molecule has 25 heavy (non-hydrogen) atoms. The van der Waals surface area contributed by atoms with Crippen molar-refractivity contribution in [3.8, 4) is 0 Å². The van der Waals surface area contributed by atoms with E-state index in [1.807, 2.05) is 20.8 Å². The summed E-state index contributed by atoms with van der Waals surface area (Å²) >= 11 is 0. The molecule has 0 bridgehead atoms. The minimum absolute atomic E-state index is 0.0421. The van der Waals surface area contributed by atoms with E-state index in [1.54, 1.807) is 0 Å². The summed E-state index contributed by atoms with van der Waals surface area (Å²) in [7, 11) is -5.56. The Bertz CT molecular complexity index is 757. The van der Waals surface area contributed by atoms with Crippen LogP contribution in [0.25, 0.3) is 0 Å². The molecule has 0 saturated carbocycles. The third kappa shape index (κ3) is 6.58. The molecule has 0 aliphatic rings. The second-order valence-corrected chi connectivity index (χ2v) is 10.8. The Kier molecular flexibility index (Phi) is 7.42. The molecule has 1 aromatic carbocycles. The Hall–Kier alpha value is -1.16. The first-order chi connectivity index (χ1) is 11.4. The van der Waals surface area contributed by atoms with E-state index < -0.39 is 20.0 Å². The lowest BCUT2D eigenvalue weighted by atomic mass is 9.94. The molecule has 0 heterocycles. The van der Waals surface area contributed by atoms with Gasteiger partial charge >= 0.3 is 0 Å². The molecule has 3 N–H and O–H groups in total. The maximum Gasteiger partial charge on any atom is 0.242 e. The van der Waals surface area contributed by atoms with Gasteiger partial charge in [0.25, 0.3) is 0 Å². The Balaban J connectivity index is 2.91. The first-order valence-corrected chi connectivity index (χ1v) is 11.3. The average Bonchev–Trinajstić information content (AvgIpc) is 2.52. The number of hydrogen-bond acceptors (Lipinski definition) is 5. The zero-order chi connectivity index (χ0) is 19.3. The summed E-state index contributed by atoms with van der Waals surface area (Å²) in [5.41, 5.74) is 5.67. The number of nitrogens with two attached hydrogens (primary N) is 1. The van der Waals surface area contributed by atoms with E-state index in [1.165, 1.54) is 35.6 Å². The number of nitrogens with one attached hydrogen (secondary N) is 1. The van der Waals surface area contributed by atoms with Gasteiger partial charge in [0.05, 0.1) is 10.6 Å². The predicted molar refractivity (Wildman–Crippen MR) is 101 cm³/mol. The summed E-state index contributed by atoms with van der Waals surface area (Å²) in [5, 5.41) is 0. The van der Waals surface area contributed by atoms with Crippen molar-refractivity contribution >= 4 is 25.7 Å². The molecule has 9 heteroatoms. The van der Waals surface area contributed by atoms with Crippen LogP contribution in [-0.2, 0) is 20.0 Å². The molecular formula is C16H29N3O4S2. The predicted octanol–water partition coefficient (Wildman–Crippen LogP) is 1.83. The Labute approximate surface area is 151 Å². The second-order valence-electron chi connectivity index (χ2n) is 6.93. The Morgan fingerprint density at radius 1 is 1.12 bits per heavy atom. The molecule has 144 valence electrons. The fourth-order valence-electron chi connectivity index (χ4n) is 2.19. The van der Waals surface area contributed by atoms with Gasteiger partial charge in [-0.1, -0.05) is 27.2 Å². The molecule has 7 nitrogen and oxygen atoms in total. The second kappa shape index (κ2) is 8.48. The van der Waals surface area contributed by atoms with Gasteiger partial charge in [0.1, 0.15) is 0 Å². The molecule has 0 amide bonds. The van der Waals surface area contributed by atoms with Crippen LogP contribution in [0.5, 0.6) is 0 Å². The summed E-state index contributed by atoms with van der Waals surface area (Å²) in [6.45, 7) is 6.36. The van der Waals surface area contributed by atoms with Gasteiger partial charge < -0.3 is 5.73 Å². The SMILES string of the molecule is CCCCS(=O)(=O)Nc1ccc(S(=O)(=O)N(C)CC(C)(C)CN)cc1. The van der Waals surface area contributed by atoms with Crippen molar-refractivity contribution in [2.24, 2.45) is 11.1 Å². The van der Waals surface area contributed by atoms with Gasteiger partial charge in [0, 0.05) is 19.3 Å². The van der Waals surface area contributed by atoms with Crippen LogP contribution in [0, 0.1) is 5.41 Å². The lowest BCUT2D eigenvalue weighted by Crippen LogP contribution is -2.39. The standard InChI is InChI=1S/C16H29N3O4S2/c1-5-6-11-24(20,21)18-14-7-9-15(10-8-14)25(22,23)19(4)13-16(2,3)12-17/h7-10,18H,5-6,11-13,17H2,1-4H3. The average molecular weight is 392 g/mol. The van der Waals surface area contributed by atoms with E-state index in [0.717, 1.165) is 6.42 Å². The first kappa shape index (κ1) is 21.9. The van der Waals surface area contributed by atoms with Crippen LogP contribution in [0.3, 0.4) is 0 Å². The molecule has 0 aromatic heterocycles. The first-order valence-electron chi connectivity index (χ1n) is 8.20. The smallest absolute Gasteiger partial charge is 0.242 e. The fourth-order valence-corrected chi connectivity index (χ4v) is 4.82. The van der Waals surface area contributed by atoms with Crippen molar-refractivity contribution in [1.29, 1.82) is 0 Å². The third-order valence-electron chi connectivity index (χ3n) is 3.81. The summed E-state index contributed by atoms with van der Waals surface area (Å²) in [5.74, 6) is 0.0421. The summed E-state index contributed by atoms with van der Waals surface area (Å²) < 4.78 is 52.7. The normalized spacial score (nSPS) is 13.2. The minimum atomic E-state index is -3.66. The van der Waals surface area contributed by atoms with Gasteiger partial charge in [-0.05, 0) is 42.6 Å². The molecule has 1 rings (SSSR count). The Morgan fingerprint density at radius 2 is 1.68 bits per heavy atom. The topological polar surface area (TPSA) is 110 Å². The van der Waals surface area contributed by atoms with Gasteiger partial charge in [-0.25, -0.2) is 21.1 Å². The molecule has 0 saturated heterocycles. The number of sulfonamides is 2. The number of anilines is 1. The molecule has 0 aliphatic carbocycles. The van der Waals surface area contributed by atoms with Crippen LogP contribution >= 0.6 is 0 Å². The molecule has 0 unspecified atom stereocenters. The zero-order valence-corrected chi connectivity index (χ0v) is 17.0. The molecular weight excluding hydrogens is 362 g/mol. The van der Waals surface area contributed by atoms with Crippen molar-refractivity contribution in [3.63, 3.8) is 0 Å². The summed E-state index contributed by atoms with van der Waals surface area (Å²) in [6, 6.07) is 5.72. The van der Waals surface area contributed by atoms with Gasteiger partial charge in [-0.3, -0.25) is 4.72 Å². The van der Waals surface area contributed by atoms with E-state index in [0.29, 0.717) is 18.7 Å². The monoisotopic (exact) mass is 391 g/mol. The Morgan fingerprint density at radius 3 is 2.16 bits per heavy atom. The maximum atomic E-state index is 12.6. The van der Waals surface area contributed by atoms with Crippen molar-refractivity contribution in [2.75, 3.05) is 30.6 Å². The fraction of sp³-hybridized carbons (Fsp3) is 0.625. The van der Waals surface area contributed by atoms with Crippen LogP contribution in [0.1, 0.15) is 33.6 Å². The lowest BCUT2D eigenvalue weighted by molar-refractivity contribution is 0.292. The lowest BCUT2D eigenvalue weighted by Gasteiger charge is -2.28. The number of nitrogens with zero attached hydrogens (tertiary/aromatic N) is 1. The van der Waals surface area contributed by atoms with Gasteiger partial charge in [0.2, 0.25) is 20.0 Å². The van der Waals surface area contributed by atoms with Crippen molar-refractivity contribution in [1.82, 2.24) is 4.31 Å². The van der Waals surface area contributed by atoms with Crippen LogP contribution < -0.4 is 10.5 Å². The minimum Gasteiger partial charge on any atom is -0.330 e. The van der Waals surface area contributed by atoms with E-state index in [-0.39, 0.29) is 22.6 Å². The molecule has 0 radical (unpaired) electrons. The number of unbranched alkanes of at least 4 members (excludes halogenated alkanes) is 1. The van der Waals surface area contributed by atoms with Gasteiger partial charge in [0.15, 0.2) is 0 Å². The van der Waals surface area contributed by atoms with Crippen LogP contribution in [0.2, 0.25) is 0 Å². The third-order valence-corrected chi connectivity index (χ3v) is 7.00. The highest BCUT2D eigenvalue weighted by atomic mass is 32.2. The largest absolute Gasteiger partial charge is 0.330 e. The van der Waals surface area contributed by atoms with Gasteiger partial charge in [-0.15, -0.1) is 0 Å². The highest BCUT2D eigenvalue weighted by Crippen LogP contribution is 2.22. The van der Waals surface area contributed by atoms with Gasteiger partial charge in [-0.2, -0.15) is 0 Å². The number of hydrogen-bond donors (Lipinski definition) is 2. The molecule has 0 atom stereocenters. The highest BCUT2D eigenvalue weighted by molar-refractivity contribution is 7.92. The molecule has 0 fully saturated rings. The highest BCUT2D eigenvalue weighted by Gasteiger charge is 2.27. The maximum absolute atomic E-state index is 12.6. The van der Waals surface area contributed by atoms with Crippen LogP contribution in [-0.4, -0.2) is 47.0 Å². The van der Waals surface area contributed by atoms with Crippen molar-refractivity contribution in [2.45, 2.75) is 38.5 Å². The number of benzene rings is 1. The van der Waals surface area contributed by atoms with E-state index in [2.05, 4.69) is 4.72 Å². The molecule has 0 spiro atoms. The van der Waals surface area contributed by atoms with Crippen LogP contribution in [0.15, 0.2) is 29.2 Å². The number of rotatable bonds is 10. The van der Waals surface area contributed by atoms with Crippen LogP contribution in [0.4, 0.5) is 5.69 Å².